The Balaban J connectivity index is 1.36. The minimum absolute atomic E-state index is 0.0305. The topological polar surface area (TPSA) is 182 Å². The van der Waals surface area contributed by atoms with Crippen LogP contribution in [0.2, 0.25) is 0 Å². The molecule has 7 unspecified atom stereocenters. The van der Waals surface area contributed by atoms with Crippen molar-refractivity contribution in [2.24, 2.45) is 17.8 Å². The van der Waals surface area contributed by atoms with Crippen molar-refractivity contribution in [1.82, 2.24) is 25.2 Å². The highest BCUT2D eigenvalue weighted by Crippen LogP contribution is 2.48. The molecule has 2 aliphatic carbocycles. The third kappa shape index (κ3) is 9.26. The molecule has 18 heteroatoms. The molecule has 14 nitrogen and oxygen atoms in total. The highest BCUT2D eigenvalue weighted by atomic mass is 32.2. The van der Waals surface area contributed by atoms with Crippen LogP contribution in [0.4, 0.5) is 18.0 Å². The van der Waals surface area contributed by atoms with Gasteiger partial charge in [0.15, 0.2) is 0 Å². The number of alkyl halides is 3. The molecule has 59 heavy (non-hydrogen) atoms. The molecule has 3 heterocycles. The van der Waals surface area contributed by atoms with E-state index >= 15 is 0 Å². The van der Waals surface area contributed by atoms with E-state index in [4.69, 9.17) is 14.2 Å². The lowest BCUT2D eigenvalue weighted by Crippen LogP contribution is -2.60. The largest absolute Gasteiger partial charge is 0.494 e. The number of nitrogens with zero attached hydrogens (tertiary/aromatic N) is 2. The number of rotatable bonds is 10. The average Bonchev–Trinajstić information content (AvgIpc) is 4.04. The monoisotopic (exact) mass is 849 g/mol. The van der Waals surface area contributed by atoms with Crippen LogP contribution < -0.4 is 24.8 Å². The van der Waals surface area contributed by atoms with Gasteiger partial charge in [-0.05, 0) is 108 Å². The number of carbonyl (C=O) groups is 4. The van der Waals surface area contributed by atoms with Gasteiger partial charge in [0.1, 0.15) is 29.5 Å². The first-order chi connectivity index (χ1) is 27.6. The van der Waals surface area contributed by atoms with Crippen molar-refractivity contribution < 1.29 is 55.0 Å². The zero-order chi connectivity index (χ0) is 43.1. The Hall–Kier alpha value is -4.61. The molecule has 4 aliphatic rings. The summed E-state index contributed by atoms with van der Waals surface area (Å²) in [7, 11) is -4.08. The van der Waals surface area contributed by atoms with Gasteiger partial charge in [-0.2, -0.15) is 13.2 Å². The second-order valence-electron chi connectivity index (χ2n) is 17.1. The molecule has 324 valence electrons. The van der Waals surface area contributed by atoms with Crippen molar-refractivity contribution >= 4 is 44.6 Å². The van der Waals surface area contributed by atoms with Crippen LogP contribution in [0.5, 0.6) is 11.6 Å². The molecule has 6 rings (SSSR count). The number of aromatic nitrogens is 1. The molecular weight excluding hydrogens is 796 g/mol. The number of fused-ring (bicyclic) bond motifs is 3. The Kier molecular flexibility index (Phi) is 12.3. The molecular formula is C41H54F3N5O9S. The van der Waals surface area contributed by atoms with E-state index in [1.165, 1.54) is 4.90 Å². The Morgan fingerprint density at radius 1 is 1.10 bits per heavy atom. The fraction of sp³-hybridized carbons (Fsp3) is 0.634. The van der Waals surface area contributed by atoms with Crippen LogP contribution in [0.15, 0.2) is 42.6 Å². The zero-order valence-corrected chi connectivity index (χ0v) is 35.0. The summed E-state index contributed by atoms with van der Waals surface area (Å²) in [5, 5.41) is 6.62. The maximum absolute atomic E-state index is 14.9. The summed E-state index contributed by atoms with van der Waals surface area (Å²) in [4.78, 5) is 62.3. The molecule has 3 N–H and O–H groups in total. The lowest BCUT2D eigenvalue weighted by molar-refractivity contribution is -0.244. The van der Waals surface area contributed by atoms with E-state index in [9.17, 15) is 40.8 Å². The number of nitrogens with one attached hydrogen (secondary N) is 3. The lowest BCUT2D eigenvalue weighted by atomic mass is 9.85. The molecule has 0 radical (unpaired) electrons. The molecule has 1 aromatic heterocycles. The number of hydrogen-bond acceptors (Lipinski definition) is 10. The summed E-state index contributed by atoms with van der Waals surface area (Å²) < 4.78 is 85.8. The average molecular weight is 850 g/mol. The number of halogens is 3. The van der Waals surface area contributed by atoms with E-state index in [0.29, 0.717) is 70.1 Å². The summed E-state index contributed by atoms with van der Waals surface area (Å²) in [6.45, 7) is 8.82. The van der Waals surface area contributed by atoms with Gasteiger partial charge >= 0.3 is 12.3 Å². The lowest BCUT2D eigenvalue weighted by Gasteiger charge is -2.35. The van der Waals surface area contributed by atoms with Crippen molar-refractivity contribution in [3.05, 3.63) is 42.6 Å². The van der Waals surface area contributed by atoms with Crippen molar-refractivity contribution in [2.75, 3.05) is 13.2 Å². The highest BCUT2D eigenvalue weighted by Gasteiger charge is 2.63. The maximum atomic E-state index is 14.9. The van der Waals surface area contributed by atoms with E-state index in [1.807, 2.05) is 26.0 Å². The maximum Gasteiger partial charge on any atom is 0.427 e. The van der Waals surface area contributed by atoms with Crippen molar-refractivity contribution in [1.29, 1.82) is 0 Å². The number of pyridine rings is 1. The van der Waals surface area contributed by atoms with Crippen LogP contribution in [0, 0.1) is 17.8 Å². The number of amides is 4. The molecule has 7 atom stereocenters. The van der Waals surface area contributed by atoms with E-state index in [0.717, 1.165) is 5.39 Å². The second-order valence-corrected chi connectivity index (χ2v) is 19.3. The number of benzene rings is 1. The Bertz CT molecular complexity index is 2090. The molecule has 1 saturated heterocycles. The summed E-state index contributed by atoms with van der Waals surface area (Å²) >= 11 is 0. The minimum atomic E-state index is -4.91. The Labute approximate surface area is 342 Å². The molecule has 4 amide bonds. The Morgan fingerprint density at radius 3 is 2.49 bits per heavy atom. The first-order valence-corrected chi connectivity index (χ1v) is 21.7. The number of ether oxygens (including phenoxy) is 3. The van der Waals surface area contributed by atoms with Gasteiger partial charge in [-0.3, -0.25) is 19.1 Å². The van der Waals surface area contributed by atoms with Crippen LogP contribution in [0.25, 0.3) is 10.8 Å². The predicted octanol–water partition coefficient (Wildman–Crippen LogP) is 5.69. The smallest absolute Gasteiger partial charge is 0.427 e. The molecule has 2 aliphatic heterocycles. The molecule has 0 bridgehead atoms. The fourth-order valence-electron chi connectivity index (χ4n) is 7.90. The van der Waals surface area contributed by atoms with E-state index < -0.39 is 85.9 Å². The molecule has 2 aromatic rings. The van der Waals surface area contributed by atoms with Crippen molar-refractivity contribution in [3.8, 4) is 11.6 Å². The predicted molar refractivity (Wildman–Crippen MR) is 211 cm³/mol. The van der Waals surface area contributed by atoms with Crippen LogP contribution in [-0.2, 0) is 29.1 Å². The van der Waals surface area contributed by atoms with Gasteiger partial charge in [-0.15, -0.1) is 0 Å². The third-order valence-corrected chi connectivity index (χ3v) is 14.4. The number of alkyl carbamates (subject to hydrolysis) is 1. The normalized spacial score (nSPS) is 28.6. The molecule has 2 saturated carbocycles. The number of carbonyl (C=O) groups excluding carboxylic acids is 4. The summed E-state index contributed by atoms with van der Waals surface area (Å²) in [5.74, 6) is -2.73. The zero-order valence-electron chi connectivity index (χ0n) is 34.2. The van der Waals surface area contributed by atoms with E-state index in [1.54, 1.807) is 44.3 Å². The summed E-state index contributed by atoms with van der Waals surface area (Å²) in [6.07, 6.45) is 0.647. The first-order valence-electron chi connectivity index (χ1n) is 20.2. The highest BCUT2D eigenvalue weighted by molar-refractivity contribution is 7.91. The minimum Gasteiger partial charge on any atom is -0.494 e. The van der Waals surface area contributed by atoms with Gasteiger partial charge in [0.2, 0.25) is 33.3 Å². The van der Waals surface area contributed by atoms with Gasteiger partial charge in [-0.25, -0.2) is 18.2 Å². The van der Waals surface area contributed by atoms with Crippen molar-refractivity contribution in [2.45, 2.75) is 133 Å². The van der Waals surface area contributed by atoms with E-state index in [-0.39, 0.29) is 31.2 Å². The number of sulfonamides is 1. The van der Waals surface area contributed by atoms with Crippen LogP contribution >= 0.6 is 0 Å². The summed E-state index contributed by atoms with van der Waals surface area (Å²) in [5.41, 5.74) is -4.53. The second kappa shape index (κ2) is 16.4. The molecule has 1 aromatic carbocycles. The molecule has 0 spiro atoms. The fourth-order valence-corrected chi connectivity index (χ4v) is 9.21. The van der Waals surface area contributed by atoms with Crippen LogP contribution in [0.1, 0.15) is 92.9 Å². The van der Waals surface area contributed by atoms with Gasteiger partial charge in [0.05, 0.1) is 17.9 Å². The SMILES string of the molecule is CCOc1ccc2c(OC3CC4C(=O)NC5(C(=O)NS(=O)(=O)C6(C)CC6)CC5C=CCCC(C)CC(CC)C(NC(=O)OC(C)(C)C(F)(F)F)C(=O)N4C3)nccc2c1. The van der Waals surface area contributed by atoms with Crippen molar-refractivity contribution in [3.63, 3.8) is 0 Å². The quantitative estimate of drug-likeness (QED) is 0.251. The number of allylic oxidation sites excluding steroid dienone is 1. The third-order valence-electron chi connectivity index (χ3n) is 12.2. The van der Waals surface area contributed by atoms with Gasteiger partial charge in [-0.1, -0.05) is 32.4 Å². The van der Waals surface area contributed by atoms with Crippen LogP contribution in [0.3, 0.4) is 0 Å². The molecule has 3 fully saturated rings. The number of hydrogen-bond donors (Lipinski definition) is 3. The summed E-state index contributed by atoms with van der Waals surface area (Å²) in [6, 6.07) is 4.39. The van der Waals surface area contributed by atoms with Gasteiger partial charge < -0.3 is 29.7 Å². The first kappa shape index (κ1) is 44.0. The van der Waals surface area contributed by atoms with Gasteiger partial charge in [0.25, 0.3) is 5.91 Å². The van der Waals surface area contributed by atoms with Crippen LogP contribution in [-0.4, -0.2) is 95.5 Å². The standard InChI is InChI=1S/C41H54F3N5O9S/c1-7-25-19-24(3)11-9-10-12-27-22-40(27,36(52)48-59(54,55)39(6)16-17-39)47-33(50)31-21-29(57-34-30-14-13-28(56-8-2)20-26(30)15-18-45-34)23-49(31)35(51)32(25)46-37(53)58-38(4,5)41(42,43)44/h10,12-15,18,20,24-25,27,29,31-32H,7-9,11,16-17,19,21-23H2,1-6H3,(H,46,53)(H,47,50)(H,48,52). The Morgan fingerprint density at radius 2 is 1.83 bits per heavy atom. The van der Waals surface area contributed by atoms with E-state index in [2.05, 4.69) is 20.3 Å². The van der Waals surface area contributed by atoms with Gasteiger partial charge in [0, 0.05) is 23.9 Å².